The smallest absolute Gasteiger partial charge is 0.0388 e. The molecule has 28 heavy (non-hydrogen) atoms. The highest BCUT2D eigenvalue weighted by Gasteiger charge is 2.18. The van der Waals surface area contributed by atoms with E-state index in [-0.39, 0.29) is 0 Å². The zero-order valence-corrected chi connectivity index (χ0v) is 16.9. The summed E-state index contributed by atoms with van der Waals surface area (Å²) in [4.78, 5) is 0. The molecule has 4 rings (SSSR count). The topological polar surface area (TPSA) is 12.0 Å². The van der Waals surface area contributed by atoms with Crippen LogP contribution in [0.4, 0.5) is 5.69 Å². The first kappa shape index (κ1) is 18.3. The Hall–Kier alpha value is -3.06. The number of aryl methyl sites for hydroxylation is 1. The molecule has 0 bridgehead atoms. The summed E-state index contributed by atoms with van der Waals surface area (Å²) in [5.41, 5.74) is 10.3. The molecular formula is C27H27N. The fraction of sp³-hybridized carbons (Fsp3) is 0.185. The van der Waals surface area contributed by atoms with E-state index in [2.05, 4.69) is 111 Å². The zero-order chi connectivity index (χ0) is 19.5. The predicted octanol–water partition coefficient (Wildman–Crippen LogP) is 7.47. The molecule has 140 valence electrons. The Kier molecular flexibility index (Phi) is 5.16. The van der Waals surface area contributed by atoms with Crippen LogP contribution >= 0.6 is 0 Å². The van der Waals surface area contributed by atoms with Crippen molar-refractivity contribution in [3.8, 4) is 11.1 Å². The van der Waals surface area contributed by atoms with Gasteiger partial charge in [0.2, 0.25) is 0 Å². The summed E-state index contributed by atoms with van der Waals surface area (Å²) >= 11 is 0. The van der Waals surface area contributed by atoms with Gasteiger partial charge in [-0.15, -0.1) is 0 Å². The second-order valence-electron chi connectivity index (χ2n) is 7.75. The lowest BCUT2D eigenvalue weighted by molar-refractivity contribution is 0.706. The zero-order valence-electron chi connectivity index (χ0n) is 16.9. The van der Waals surface area contributed by atoms with Crippen molar-refractivity contribution in [2.75, 3.05) is 5.32 Å². The molecule has 0 saturated carbocycles. The summed E-state index contributed by atoms with van der Waals surface area (Å²) in [6, 6.07) is 28.0. The van der Waals surface area contributed by atoms with Gasteiger partial charge in [0.05, 0.1) is 0 Å². The highest BCUT2D eigenvalue weighted by Crippen LogP contribution is 2.35. The summed E-state index contributed by atoms with van der Waals surface area (Å²) in [7, 11) is 0. The van der Waals surface area contributed by atoms with E-state index in [9.17, 15) is 0 Å². The second-order valence-corrected chi connectivity index (χ2v) is 7.75. The second kappa shape index (κ2) is 7.90. The Morgan fingerprint density at radius 3 is 2.29 bits per heavy atom. The highest BCUT2D eigenvalue weighted by atomic mass is 14.9. The molecule has 1 aliphatic carbocycles. The molecule has 1 aliphatic rings. The van der Waals surface area contributed by atoms with E-state index in [0.29, 0.717) is 5.92 Å². The minimum absolute atomic E-state index is 0.515. The van der Waals surface area contributed by atoms with Crippen molar-refractivity contribution in [3.05, 3.63) is 107 Å². The summed E-state index contributed by atoms with van der Waals surface area (Å²) in [5, 5.41) is 3.73. The van der Waals surface area contributed by atoms with Gasteiger partial charge in [-0.05, 0) is 71.7 Å². The van der Waals surface area contributed by atoms with E-state index in [0.717, 1.165) is 12.1 Å². The minimum atomic E-state index is 0.515. The normalized spacial score (nSPS) is 16.7. The fourth-order valence-electron chi connectivity index (χ4n) is 4.02. The predicted molar refractivity (Wildman–Crippen MR) is 121 cm³/mol. The Bertz CT molecular complexity index is 1040. The molecule has 1 nitrogen and oxygen atoms in total. The molecule has 0 aliphatic heterocycles. The van der Waals surface area contributed by atoms with E-state index in [1.807, 2.05) is 0 Å². The number of hydrogen-bond donors (Lipinski definition) is 1. The van der Waals surface area contributed by atoms with Crippen LogP contribution in [0.25, 0.3) is 16.7 Å². The molecule has 0 aromatic heterocycles. The first-order valence-electron chi connectivity index (χ1n) is 10.0. The molecular weight excluding hydrogens is 338 g/mol. The maximum Gasteiger partial charge on any atom is 0.0388 e. The van der Waals surface area contributed by atoms with Gasteiger partial charge >= 0.3 is 0 Å². The monoisotopic (exact) mass is 365 g/mol. The van der Waals surface area contributed by atoms with Crippen molar-refractivity contribution in [2.45, 2.75) is 27.2 Å². The Morgan fingerprint density at radius 2 is 1.50 bits per heavy atom. The van der Waals surface area contributed by atoms with Gasteiger partial charge in [0.25, 0.3) is 0 Å². The molecule has 3 aromatic carbocycles. The number of benzene rings is 3. The molecule has 0 heterocycles. The van der Waals surface area contributed by atoms with Crippen LogP contribution in [-0.4, -0.2) is 0 Å². The number of hydrogen-bond acceptors (Lipinski definition) is 1. The first-order valence-corrected chi connectivity index (χ1v) is 10.0. The molecule has 0 unspecified atom stereocenters. The molecule has 1 N–H and O–H groups in total. The highest BCUT2D eigenvalue weighted by molar-refractivity contribution is 5.82. The number of rotatable bonds is 4. The average molecular weight is 366 g/mol. The van der Waals surface area contributed by atoms with Gasteiger partial charge in [0.15, 0.2) is 0 Å². The molecule has 1 heteroatoms. The standard InChI is InChI=1S/C27H27N/c1-19-16-26(22-11-5-4-6-12-22)21(3)27(17-19)28-24-14-9-13-23(18-24)25-15-8-7-10-20(25)2/h4-16,18-19,28H,17H2,1-3H3/t19-/m0/s1. The van der Waals surface area contributed by atoms with Crippen LogP contribution in [0.5, 0.6) is 0 Å². The van der Waals surface area contributed by atoms with Gasteiger partial charge in [-0.3, -0.25) is 0 Å². The molecule has 0 fully saturated rings. The molecule has 0 radical (unpaired) electrons. The van der Waals surface area contributed by atoms with Gasteiger partial charge in [0, 0.05) is 11.4 Å². The molecule has 0 amide bonds. The van der Waals surface area contributed by atoms with E-state index >= 15 is 0 Å². The quantitative estimate of drug-likeness (QED) is 0.505. The maximum atomic E-state index is 3.73. The maximum absolute atomic E-state index is 3.73. The first-order chi connectivity index (χ1) is 13.6. The van der Waals surface area contributed by atoms with E-state index in [1.165, 1.54) is 39.1 Å². The molecule has 0 saturated heterocycles. The summed E-state index contributed by atoms with van der Waals surface area (Å²) < 4.78 is 0. The van der Waals surface area contributed by atoms with Crippen molar-refractivity contribution in [1.82, 2.24) is 0 Å². The van der Waals surface area contributed by atoms with Crippen LogP contribution in [0.15, 0.2) is 96.2 Å². The summed E-state index contributed by atoms with van der Waals surface area (Å²) in [5.74, 6) is 0.515. The van der Waals surface area contributed by atoms with Gasteiger partial charge in [-0.25, -0.2) is 0 Å². The van der Waals surface area contributed by atoms with Gasteiger partial charge in [0.1, 0.15) is 0 Å². The largest absolute Gasteiger partial charge is 0.359 e. The number of allylic oxidation sites excluding steroid dienone is 4. The van der Waals surface area contributed by atoms with Crippen LogP contribution in [0.3, 0.4) is 0 Å². The minimum Gasteiger partial charge on any atom is -0.359 e. The molecule has 3 aromatic rings. The van der Waals surface area contributed by atoms with Crippen molar-refractivity contribution >= 4 is 11.3 Å². The Morgan fingerprint density at radius 1 is 0.786 bits per heavy atom. The molecule has 1 atom stereocenters. The van der Waals surface area contributed by atoms with E-state index in [1.54, 1.807) is 0 Å². The average Bonchev–Trinajstić information content (AvgIpc) is 2.72. The lowest BCUT2D eigenvalue weighted by Gasteiger charge is -2.25. The van der Waals surface area contributed by atoms with Crippen molar-refractivity contribution < 1.29 is 0 Å². The molecule has 0 spiro atoms. The van der Waals surface area contributed by atoms with Crippen LogP contribution in [0.1, 0.15) is 31.4 Å². The van der Waals surface area contributed by atoms with E-state index in [4.69, 9.17) is 0 Å². The van der Waals surface area contributed by atoms with Crippen molar-refractivity contribution in [1.29, 1.82) is 0 Å². The third-order valence-corrected chi connectivity index (χ3v) is 5.53. The SMILES string of the molecule is CC1=C(Nc2cccc(-c3ccccc3C)c2)C[C@@H](C)C=C1c1ccccc1. The van der Waals surface area contributed by atoms with Crippen molar-refractivity contribution in [3.63, 3.8) is 0 Å². The van der Waals surface area contributed by atoms with Crippen molar-refractivity contribution in [2.24, 2.45) is 5.92 Å². The van der Waals surface area contributed by atoms with Crippen LogP contribution < -0.4 is 5.32 Å². The summed E-state index contributed by atoms with van der Waals surface area (Å²) in [6.07, 6.45) is 3.44. The lowest BCUT2D eigenvalue weighted by atomic mass is 9.86. The van der Waals surface area contributed by atoms with Gasteiger partial charge < -0.3 is 5.32 Å². The van der Waals surface area contributed by atoms with Crippen LogP contribution in [0.2, 0.25) is 0 Å². The summed E-state index contributed by atoms with van der Waals surface area (Å²) in [6.45, 7) is 6.70. The van der Waals surface area contributed by atoms with Crippen LogP contribution in [-0.2, 0) is 0 Å². The third kappa shape index (κ3) is 3.80. The van der Waals surface area contributed by atoms with Crippen LogP contribution in [0, 0.1) is 12.8 Å². The number of anilines is 1. The third-order valence-electron chi connectivity index (χ3n) is 5.53. The lowest BCUT2D eigenvalue weighted by Crippen LogP contribution is -2.12. The fourth-order valence-corrected chi connectivity index (χ4v) is 4.02. The van der Waals surface area contributed by atoms with Gasteiger partial charge in [-0.2, -0.15) is 0 Å². The number of nitrogens with one attached hydrogen (secondary N) is 1. The van der Waals surface area contributed by atoms with Gasteiger partial charge in [-0.1, -0.05) is 79.7 Å². The Balaban J connectivity index is 1.66. The van der Waals surface area contributed by atoms with E-state index < -0.39 is 0 Å². The Labute approximate surface area is 168 Å².